The first kappa shape index (κ1) is 19.6. The number of carbonyl (C=O) groups excluding carboxylic acids is 2. The van der Waals surface area contributed by atoms with Crippen molar-refractivity contribution >= 4 is 40.6 Å². The quantitative estimate of drug-likeness (QED) is 0.580. The van der Waals surface area contributed by atoms with Gasteiger partial charge in [-0.05, 0) is 42.3 Å². The summed E-state index contributed by atoms with van der Waals surface area (Å²) >= 11 is 1.19. The zero-order valence-electron chi connectivity index (χ0n) is 15.5. The average Bonchev–Trinajstić information content (AvgIpc) is 3.01. The summed E-state index contributed by atoms with van der Waals surface area (Å²) in [5.41, 5.74) is 2.59. The Morgan fingerprint density at radius 3 is 2.89 bits per heavy atom. The van der Waals surface area contributed by atoms with Gasteiger partial charge < -0.3 is 15.4 Å². The van der Waals surface area contributed by atoms with Crippen LogP contribution in [-0.2, 0) is 9.59 Å². The number of amides is 2. The number of thioether (sulfide) groups is 1. The molecule has 1 heterocycles. The van der Waals surface area contributed by atoms with Gasteiger partial charge >= 0.3 is 0 Å². The Hall–Kier alpha value is -3.13. The topological polar surface area (TPSA) is 92.2 Å². The van der Waals surface area contributed by atoms with Crippen molar-refractivity contribution in [2.45, 2.75) is 18.6 Å². The molecule has 0 aromatic heterocycles. The molecule has 3 rings (SSSR count). The molecule has 0 bridgehead atoms. The third-order valence-electron chi connectivity index (χ3n) is 3.90. The molecule has 2 N–H and O–H groups in total. The van der Waals surface area contributed by atoms with Gasteiger partial charge in [0.1, 0.15) is 11.0 Å². The minimum Gasteiger partial charge on any atom is -0.497 e. The predicted octanol–water partition coefficient (Wildman–Crippen LogP) is 2.95. The van der Waals surface area contributed by atoms with Gasteiger partial charge in [-0.1, -0.05) is 36.0 Å². The van der Waals surface area contributed by atoms with E-state index in [-0.39, 0.29) is 18.2 Å². The number of hydrogen-bond acceptors (Lipinski definition) is 6. The first-order valence-corrected chi connectivity index (χ1v) is 9.50. The van der Waals surface area contributed by atoms with Crippen molar-refractivity contribution < 1.29 is 14.3 Å². The van der Waals surface area contributed by atoms with E-state index in [4.69, 9.17) is 4.74 Å². The highest BCUT2D eigenvalue weighted by Crippen LogP contribution is 2.23. The Labute approximate surface area is 167 Å². The molecule has 8 heteroatoms. The summed E-state index contributed by atoms with van der Waals surface area (Å²) in [7, 11) is 1.59. The van der Waals surface area contributed by atoms with Crippen molar-refractivity contribution in [2.24, 2.45) is 10.2 Å². The van der Waals surface area contributed by atoms with Crippen molar-refractivity contribution in [3.63, 3.8) is 0 Å². The normalized spacial score (nSPS) is 17.7. The summed E-state index contributed by atoms with van der Waals surface area (Å²) in [6.07, 6.45) is 1.63. The Balaban J connectivity index is 1.56. The van der Waals surface area contributed by atoms with Crippen molar-refractivity contribution in [1.82, 2.24) is 5.32 Å². The van der Waals surface area contributed by atoms with Gasteiger partial charge in [0.15, 0.2) is 5.17 Å². The number of nitrogens with one attached hydrogen (secondary N) is 2. The first-order valence-electron chi connectivity index (χ1n) is 8.62. The van der Waals surface area contributed by atoms with E-state index in [2.05, 4.69) is 20.8 Å². The molecule has 0 saturated carbocycles. The second kappa shape index (κ2) is 9.18. The zero-order chi connectivity index (χ0) is 19.9. The van der Waals surface area contributed by atoms with Crippen molar-refractivity contribution in [1.29, 1.82) is 0 Å². The number of aryl methyl sites for hydroxylation is 1. The minimum absolute atomic E-state index is 0.0586. The maximum absolute atomic E-state index is 12.2. The van der Waals surface area contributed by atoms with Crippen LogP contribution >= 0.6 is 11.8 Å². The van der Waals surface area contributed by atoms with E-state index in [1.165, 1.54) is 11.8 Å². The van der Waals surface area contributed by atoms with Crippen LogP contribution in [0.25, 0.3) is 0 Å². The molecule has 1 aliphatic rings. The molecule has 1 fully saturated rings. The largest absolute Gasteiger partial charge is 0.497 e. The van der Waals surface area contributed by atoms with E-state index in [0.717, 1.165) is 16.9 Å². The molecule has 1 saturated heterocycles. The molecule has 28 heavy (non-hydrogen) atoms. The highest BCUT2D eigenvalue weighted by molar-refractivity contribution is 8.15. The number of benzene rings is 2. The van der Waals surface area contributed by atoms with Gasteiger partial charge in [-0.3, -0.25) is 9.59 Å². The number of methoxy groups -OCH3 is 1. The maximum atomic E-state index is 12.2. The number of hydrogen-bond donors (Lipinski definition) is 2. The van der Waals surface area contributed by atoms with E-state index in [0.29, 0.717) is 10.9 Å². The van der Waals surface area contributed by atoms with Crippen LogP contribution in [0.15, 0.2) is 58.7 Å². The smallest absolute Gasteiger partial charge is 0.240 e. The van der Waals surface area contributed by atoms with Crippen LogP contribution in [0.3, 0.4) is 0 Å². The van der Waals surface area contributed by atoms with E-state index >= 15 is 0 Å². The van der Waals surface area contributed by atoms with Gasteiger partial charge in [-0.2, -0.15) is 5.10 Å². The van der Waals surface area contributed by atoms with Gasteiger partial charge in [-0.25, -0.2) is 0 Å². The monoisotopic (exact) mass is 396 g/mol. The third kappa shape index (κ3) is 5.43. The molecule has 1 aliphatic heterocycles. The van der Waals surface area contributed by atoms with E-state index in [9.17, 15) is 9.59 Å². The lowest BCUT2D eigenvalue weighted by Gasteiger charge is -2.07. The molecular formula is C20H20N4O3S. The summed E-state index contributed by atoms with van der Waals surface area (Å²) in [6.45, 7) is 1.95. The fraction of sp³-hybridized carbons (Fsp3) is 0.200. The summed E-state index contributed by atoms with van der Waals surface area (Å²) in [5.74, 6) is 0.249. The highest BCUT2D eigenvalue weighted by Gasteiger charge is 2.32. The van der Waals surface area contributed by atoms with Gasteiger partial charge in [-0.15, -0.1) is 5.10 Å². The lowest BCUT2D eigenvalue weighted by Crippen LogP contribution is -2.28. The zero-order valence-corrected chi connectivity index (χ0v) is 16.3. The van der Waals surface area contributed by atoms with Gasteiger partial charge in [0, 0.05) is 12.1 Å². The number of rotatable bonds is 6. The third-order valence-corrected chi connectivity index (χ3v) is 4.97. The molecule has 0 aliphatic carbocycles. The summed E-state index contributed by atoms with van der Waals surface area (Å²) in [4.78, 5) is 24.3. The Kier molecular flexibility index (Phi) is 6.44. The summed E-state index contributed by atoms with van der Waals surface area (Å²) in [6, 6.07) is 14.9. The number of ether oxygens (including phenoxy) is 1. The number of anilines is 1. The molecule has 144 valence electrons. The Morgan fingerprint density at radius 2 is 2.11 bits per heavy atom. The van der Waals surface area contributed by atoms with Crippen LogP contribution in [0.5, 0.6) is 5.75 Å². The van der Waals surface area contributed by atoms with E-state index < -0.39 is 5.25 Å². The molecular weight excluding hydrogens is 376 g/mol. The molecule has 0 radical (unpaired) electrons. The fourth-order valence-electron chi connectivity index (χ4n) is 2.56. The second-order valence-electron chi connectivity index (χ2n) is 6.14. The Bertz CT molecular complexity index is 943. The number of carbonyl (C=O) groups is 2. The molecule has 2 aromatic carbocycles. The standard InChI is InChI=1S/C20H20N4O3S/c1-13-5-3-7-15(9-13)22-18(25)11-17-19(26)23-20(28-17)24-21-12-14-6-4-8-16(10-14)27-2/h3-10,12,17H,11H2,1-2H3,(H,22,25)(H,23,24,26)/b21-12+. The van der Waals surface area contributed by atoms with Crippen molar-refractivity contribution in [3.8, 4) is 5.75 Å². The van der Waals surface area contributed by atoms with Crippen LogP contribution in [0.2, 0.25) is 0 Å². The number of amidine groups is 1. The second-order valence-corrected chi connectivity index (χ2v) is 7.34. The maximum Gasteiger partial charge on any atom is 0.240 e. The van der Waals surface area contributed by atoms with Gasteiger partial charge in [0.05, 0.1) is 13.3 Å². The lowest BCUT2D eigenvalue weighted by molar-refractivity contribution is -0.122. The first-order chi connectivity index (χ1) is 13.5. The van der Waals surface area contributed by atoms with Crippen LogP contribution < -0.4 is 15.4 Å². The van der Waals surface area contributed by atoms with Crippen LogP contribution in [0, 0.1) is 6.92 Å². The molecule has 2 aromatic rings. The van der Waals surface area contributed by atoms with Crippen molar-refractivity contribution in [3.05, 3.63) is 59.7 Å². The molecule has 7 nitrogen and oxygen atoms in total. The minimum atomic E-state index is -0.532. The summed E-state index contributed by atoms with van der Waals surface area (Å²) < 4.78 is 5.15. The lowest BCUT2D eigenvalue weighted by atomic mass is 10.2. The van der Waals surface area contributed by atoms with E-state index in [1.807, 2.05) is 55.5 Å². The molecule has 1 atom stereocenters. The van der Waals surface area contributed by atoms with Crippen molar-refractivity contribution in [2.75, 3.05) is 12.4 Å². The van der Waals surface area contributed by atoms with E-state index in [1.54, 1.807) is 13.3 Å². The molecule has 1 unspecified atom stereocenters. The molecule has 0 spiro atoms. The highest BCUT2D eigenvalue weighted by atomic mass is 32.2. The van der Waals surface area contributed by atoms with Crippen LogP contribution in [-0.4, -0.2) is 35.6 Å². The predicted molar refractivity (Wildman–Crippen MR) is 112 cm³/mol. The average molecular weight is 396 g/mol. The van der Waals surface area contributed by atoms with Crippen LogP contribution in [0.4, 0.5) is 5.69 Å². The SMILES string of the molecule is COc1cccc(/C=N/N=C2/NC(=O)C(CC(=O)Nc3cccc(C)c3)S2)c1. The van der Waals surface area contributed by atoms with Crippen LogP contribution in [0.1, 0.15) is 17.5 Å². The Morgan fingerprint density at radius 1 is 1.29 bits per heavy atom. The summed E-state index contributed by atoms with van der Waals surface area (Å²) in [5, 5.41) is 13.3. The van der Waals surface area contributed by atoms with Gasteiger partial charge in [0.2, 0.25) is 11.8 Å². The number of nitrogens with zero attached hydrogens (tertiary/aromatic N) is 2. The van der Waals surface area contributed by atoms with Gasteiger partial charge in [0.25, 0.3) is 0 Å². The molecule has 2 amide bonds. The fourth-order valence-corrected chi connectivity index (χ4v) is 3.48.